The summed E-state index contributed by atoms with van der Waals surface area (Å²) in [5, 5.41) is 6.73. The van der Waals surface area contributed by atoms with Gasteiger partial charge in [-0.05, 0) is 55.3 Å². The summed E-state index contributed by atoms with van der Waals surface area (Å²) in [7, 11) is 0. The molecule has 1 heterocycles. The Labute approximate surface area is 153 Å². The van der Waals surface area contributed by atoms with Crippen molar-refractivity contribution in [3.05, 3.63) is 66.9 Å². The van der Waals surface area contributed by atoms with Gasteiger partial charge in [0.05, 0.1) is 0 Å². The van der Waals surface area contributed by atoms with Gasteiger partial charge >= 0.3 is 0 Å². The molecule has 132 valence electrons. The number of aromatic nitrogens is 2. The lowest BCUT2D eigenvalue weighted by Gasteiger charge is -2.13. The number of rotatable bonds is 6. The highest BCUT2D eigenvalue weighted by atomic mass is 16.5. The number of ether oxygens (including phenoxy) is 1. The molecule has 0 bridgehead atoms. The number of anilines is 3. The fourth-order valence-electron chi connectivity index (χ4n) is 3.13. The maximum Gasteiger partial charge on any atom is 0.224 e. The van der Waals surface area contributed by atoms with Gasteiger partial charge in [-0.2, -0.15) is 4.98 Å². The molecule has 1 aliphatic rings. The summed E-state index contributed by atoms with van der Waals surface area (Å²) in [5.74, 6) is 3.09. The SMILES string of the molecule is c1ccc(Oc2ccc(Nc3ccnc(NC4CCCC4)n3)cc2)cc1. The average Bonchev–Trinajstić information content (AvgIpc) is 3.18. The van der Waals surface area contributed by atoms with Crippen molar-refractivity contribution < 1.29 is 4.74 Å². The first-order valence-electron chi connectivity index (χ1n) is 9.05. The molecule has 0 amide bonds. The molecule has 1 saturated carbocycles. The standard InChI is InChI=1S/C21H22N4O/c1-2-8-18(9-3-1)26-19-12-10-17(11-13-19)23-20-14-15-22-21(25-20)24-16-6-4-5-7-16/h1-3,8-16H,4-7H2,(H2,22,23,24,25). The average molecular weight is 346 g/mol. The van der Waals surface area contributed by atoms with E-state index in [2.05, 4.69) is 20.6 Å². The van der Waals surface area contributed by atoms with Crippen molar-refractivity contribution in [2.24, 2.45) is 0 Å². The first kappa shape index (κ1) is 16.4. The number of hydrogen-bond donors (Lipinski definition) is 2. The molecule has 26 heavy (non-hydrogen) atoms. The maximum atomic E-state index is 5.81. The lowest BCUT2D eigenvalue weighted by molar-refractivity contribution is 0.483. The zero-order valence-corrected chi connectivity index (χ0v) is 14.6. The minimum absolute atomic E-state index is 0.500. The second-order valence-corrected chi connectivity index (χ2v) is 6.46. The number of benzene rings is 2. The summed E-state index contributed by atoms with van der Waals surface area (Å²) in [6, 6.07) is 20.0. The molecule has 0 atom stereocenters. The van der Waals surface area contributed by atoms with E-state index < -0.39 is 0 Å². The molecule has 5 heteroatoms. The molecule has 1 aromatic heterocycles. The molecule has 0 aliphatic heterocycles. The Morgan fingerprint density at radius 1 is 0.846 bits per heavy atom. The quantitative estimate of drug-likeness (QED) is 0.628. The van der Waals surface area contributed by atoms with E-state index in [1.807, 2.05) is 60.7 Å². The molecule has 2 N–H and O–H groups in total. The van der Waals surface area contributed by atoms with Crippen LogP contribution >= 0.6 is 0 Å². The maximum absolute atomic E-state index is 5.81. The topological polar surface area (TPSA) is 59.1 Å². The molecule has 0 radical (unpaired) electrons. The second kappa shape index (κ2) is 7.87. The van der Waals surface area contributed by atoms with E-state index in [4.69, 9.17) is 4.74 Å². The van der Waals surface area contributed by atoms with Crippen LogP contribution in [0.3, 0.4) is 0 Å². The number of para-hydroxylation sites is 1. The third kappa shape index (κ3) is 4.30. The van der Waals surface area contributed by atoms with Gasteiger partial charge in [0, 0.05) is 17.9 Å². The van der Waals surface area contributed by atoms with Crippen LogP contribution in [0.15, 0.2) is 66.9 Å². The summed E-state index contributed by atoms with van der Waals surface area (Å²) in [4.78, 5) is 8.88. The van der Waals surface area contributed by atoms with Crippen molar-refractivity contribution >= 4 is 17.5 Å². The lowest BCUT2D eigenvalue weighted by atomic mass is 10.2. The molecule has 3 aromatic rings. The van der Waals surface area contributed by atoms with Crippen LogP contribution in [0, 0.1) is 0 Å². The summed E-state index contributed by atoms with van der Waals surface area (Å²) in [6.45, 7) is 0. The van der Waals surface area contributed by atoms with Gasteiger partial charge in [-0.3, -0.25) is 0 Å². The van der Waals surface area contributed by atoms with Crippen LogP contribution in [0.5, 0.6) is 11.5 Å². The number of hydrogen-bond acceptors (Lipinski definition) is 5. The normalized spacial score (nSPS) is 14.2. The second-order valence-electron chi connectivity index (χ2n) is 6.46. The molecular weight excluding hydrogens is 324 g/mol. The minimum Gasteiger partial charge on any atom is -0.457 e. The first-order chi connectivity index (χ1) is 12.8. The molecular formula is C21H22N4O. The van der Waals surface area contributed by atoms with E-state index in [1.165, 1.54) is 25.7 Å². The number of nitrogens with one attached hydrogen (secondary N) is 2. The Bertz CT molecular complexity index is 830. The van der Waals surface area contributed by atoms with Crippen LogP contribution in [0.1, 0.15) is 25.7 Å². The Morgan fingerprint density at radius 2 is 1.58 bits per heavy atom. The monoisotopic (exact) mass is 346 g/mol. The van der Waals surface area contributed by atoms with Crippen molar-refractivity contribution in [3.8, 4) is 11.5 Å². The van der Waals surface area contributed by atoms with Crippen molar-refractivity contribution in [1.82, 2.24) is 9.97 Å². The van der Waals surface area contributed by atoms with E-state index in [-0.39, 0.29) is 0 Å². The molecule has 4 rings (SSSR count). The fourth-order valence-corrected chi connectivity index (χ4v) is 3.13. The van der Waals surface area contributed by atoms with Crippen molar-refractivity contribution in [2.45, 2.75) is 31.7 Å². The van der Waals surface area contributed by atoms with Crippen molar-refractivity contribution in [1.29, 1.82) is 0 Å². The van der Waals surface area contributed by atoms with E-state index in [0.717, 1.165) is 23.0 Å². The molecule has 0 unspecified atom stereocenters. The van der Waals surface area contributed by atoms with Crippen molar-refractivity contribution in [2.75, 3.05) is 10.6 Å². The first-order valence-corrected chi connectivity index (χ1v) is 9.05. The van der Waals surface area contributed by atoms with Gasteiger partial charge < -0.3 is 15.4 Å². The van der Waals surface area contributed by atoms with Gasteiger partial charge in [0.1, 0.15) is 17.3 Å². The zero-order valence-electron chi connectivity index (χ0n) is 14.6. The number of nitrogens with zero attached hydrogens (tertiary/aromatic N) is 2. The summed E-state index contributed by atoms with van der Waals surface area (Å²) < 4.78 is 5.81. The van der Waals surface area contributed by atoms with E-state index in [0.29, 0.717) is 12.0 Å². The highest BCUT2D eigenvalue weighted by Crippen LogP contribution is 2.25. The zero-order chi connectivity index (χ0) is 17.6. The minimum atomic E-state index is 0.500. The largest absolute Gasteiger partial charge is 0.457 e. The predicted molar refractivity (Wildman–Crippen MR) is 104 cm³/mol. The Balaban J connectivity index is 1.39. The van der Waals surface area contributed by atoms with E-state index >= 15 is 0 Å². The van der Waals surface area contributed by atoms with Crippen molar-refractivity contribution in [3.63, 3.8) is 0 Å². The molecule has 0 saturated heterocycles. The molecule has 2 aromatic carbocycles. The Hall–Kier alpha value is -3.08. The smallest absolute Gasteiger partial charge is 0.224 e. The van der Waals surface area contributed by atoms with Gasteiger partial charge in [-0.25, -0.2) is 4.98 Å². The van der Waals surface area contributed by atoms with Crippen LogP contribution in [-0.4, -0.2) is 16.0 Å². The molecule has 1 fully saturated rings. The highest BCUT2D eigenvalue weighted by Gasteiger charge is 2.15. The summed E-state index contributed by atoms with van der Waals surface area (Å²) in [5.41, 5.74) is 0.955. The van der Waals surface area contributed by atoms with Gasteiger partial charge in [-0.1, -0.05) is 31.0 Å². The third-order valence-corrected chi connectivity index (χ3v) is 4.45. The van der Waals surface area contributed by atoms with Gasteiger partial charge in [0.15, 0.2) is 0 Å². The van der Waals surface area contributed by atoms with Gasteiger partial charge in [0.2, 0.25) is 5.95 Å². The predicted octanol–water partition coefficient (Wildman–Crippen LogP) is 5.37. The van der Waals surface area contributed by atoms with Crippen LogP contribution in [0.4, 0.5) is 17.5 Å². The lowest BCUT2D eigenvalue weighted by Crippen LogP contribution is -2.16. The summed E-state index contributed by atoms with van der Waals surface area (Å²) in [6.07, 6.45) is 6.74. The Kier molecular flexibility index (Phi) is 4.96. The molecule has 1 aliphatic carbocycles. The van der Waals surface area contributed by atoms with Crippen LogP contribution in [0.25, 0.3) is 0 Å². The van der Waals surface area contributed by atoms with Gasteiger partial charge in [-0.15, -0.1) is 0 Å². The fraction of sp³-hybridized carbons (Fsp3) is 0.238. The van der Waals surface area contributed by atoms with Crippen LogP contribution in [-0.2, 0) is 0 Å². The van der Waals surface area contributed by atoms with Gasteiger partial charge in [0.25, 0.3) is 0 Å². The Morgan fingerprint density at radius 3 is 2.35 bits per heavy atom. The highest BCUT2D eigenvalue weighted by molar-refractivity contribution is 5.58. The van der Waals surface area contributed by atoms with Crippen LogP contribution in [0.2, 0.25) is 0 Å². The summed E-state index contributed by atoms with van der Waals surface area (Å²) >= 11 is 0. The molecule has 0 spiro atoms. The molecule has 5 nitrogen and oxygen atoms in total. The third-order valence-electron chi connectivity index (χ3n) is 4.45. The van der Waals surface area contributed by atoms with Crippen LogP contribution < -0.4 is 15.4 Å². The van der Waals surface area contributed by atoms with E-state index in [9.17, 15) is 0 Å². The van der Waals surface area contributed by atoms with E-state index in [1.54, 1.807) is 6.20 Å².